The number of fused-ring (bicyclic) bond motifs is 1. The van der Waals surface area contributed by atoms with Gasteiger partial charge in [0.15, 0.2) is 11.5 Å². The van der Waals surface area contributed by atoms with Gasteiger partial charge in [-0.05, 0) is 25.3 Å². The first-order valence-corrected chi connectivity index (χ1v) is 5.75. The Hall–Kier alpha value is -1.93. The zero-order valence-electron chi connectivity index (χ0n) is 9.33. The highest BCUT2D eigenvalue weighted by Gasteiger charge is 2.21. The third-order valence-electron chi connectivity index (χ3n) is 3.03. The van der Waals surface area contributed by atoms with Crippen LogP contribution in [0.2, 0.25) is 0 Å². The van der Waals surface area contributed by atoms with Crippen molar-refractivity contribution in [2.24, 2.45) is 0 Å². The largest absolute Gasteiger partial charge is 0.370 e. The molecule has 0 spiro atoms. The molecule has 0 bridgehead atoms. The third-order valence-corrected chi connectivity index (χ3v) is 3.03. The van der Waals surface area contributed by atoms with Gasteiger partial charge in [0.25, 0.3) is 0 Å². The van der Waals surface area contributed by atoms with E-state index in [9.17, 15) is 0 Å². The Balaban J connectivity index is 2.03. The van der Waals surface area contributed by atoms with Crippen molar-refractivity contribution < 1.29 is 4.74 Å². The summed E-state index contributed by atoms with van der Waals surface area (Å²) >= 11 is 0. The second-order valence-corrected chi connectivity index (χ2v) is 4.17. The molecule has 0 N–H and O–H groups in total. The van der Waals surface area contributed by atoms with Crippen LogP contribution in [0.15, 0.2) is 18.3 Å². The maximum Gasteiger partial charge on any atom is 0.166 e. The smallest absolute Gasteiger partial charge is 0.166 e. The van der Waals surface area contributed by atoms with E-state index in [0.29, 0.717) is 11.2 Å². The summed E-state index contributed by atoms with van der Waals surface area (Å²) in [4.78, 5) is 0. The molecule has 17 heavy (non-hydrogen) atoms. The number of pyridine rings is 1. The predicted octanol–water partition coefficient (Wildman–Crippen LogP) is 1.84. The van der Waals surface area contributed by atoms with Crippen LogP contribution < -0.4 is 0 Å². The van der Waals surface area contributed by atoms with Crippen molar-refractivity contribution >= 4 is 5.65 Å². The summed E-state index contributed by atoms with van der Waals surface area (Å²) in [7, 11) is 0. The number of rotatable bonds is 1. The van der Waals surface area contributed by atoms with E-state index in [2.05, 4.69) is 16.3 Å². The molecule has 2 aromatic heterocycles. The molecule has 0 amide bonds. The lowest BCUT2D eigenvalue weighted by molar-refractivity contribution is 0.00885. The summed E-state index contributed by atoms with van der Waals surface area (Å²) in [6, 6.07) is 5.60. The fraction of sp³-hybridized carbons (Fsp3) is 0.417. The molecule has 0 saturated carbocycles. The molecule has 86 valence electrons. The van der Waals surface area contributed by atoms with Crippen LogP contribution in [0, 0.1) is 11.3 Å². The minimum atomic E-state index is 0.0340. The number of hydrogen-bond donors (Lipinski definition) is 0. The van der Waals surface area contributed by atoms with Crippen LogP contribution in [-0.4, -0.2) is 21.2 Å². The summed E-state index contributed by atoms with van der Waals surface area (Å²) in [5, 5.41) is 17.1. The molecular weight excluding hydrogens is 216 g/mol. The van der Waals surface area contributed by atoms with Gasteiger partial charge in [0.1, 0.15) is 6.10 Å². The third kappa shape index (κ3) is 1.77. The number of nitriles is 1. The Kier molecular flexibility index (Phi) is 2.50. The van der Waals surface area contributed by atoms with Gasteiger partial charge in [0.2, 0.25) is 0 Å². The fourth-order valence-corrected chi connectivity index (χ4v) is 2.14. The van der Waals surface area contributed by atoms with Crippen molar-refractivity contribution in [1.82, 2.24) is 14.6 Å². The van der Waals surface area contributed by atoms with Gasteiger partial charge in [-0.15, -0.1) is 10.2 Å². The fourth-order valence-electron chi connectivity index (χ4n) is 2.14. The van der Waals surface area contributed by atoms with Crippen LogP contribution in [0.1, 0.15) is 36.8 Å². The lowest BCUT2D eigenvalue weighted by Crippen LogP contribution is -2.14. The summed E-state index contributed by atoms with van der Waals surface area (Å²) in [5.41, 5.74) is 1.30. The highest BCUT2D eigenvalue weighted by Crippen LogP contribution is 2.26. The number of aromatic nitrogens is 3. The van der Waals surface area contributed by atoms with Crippen molar-refractivity contribution in [1.29, 1.82) is 5.26 Å². The maximum absolute atomic E-state index is 8.82. The van der Waals surface area contributed by atoms with Gasteiger partial charge in [-0.1, -0.05) is 0 Å². The molecule has 1 fully saturated rings. The molecule has 1 aliphatic heterocycles. The molecule has 5 heteroatoms. The van der Waals surface area contributed by atoms with Gasteiger partial charge in [-0.25, -0.2) is 0 Å². The summed E-state index contributed by atoms with van der Waals surface area (Å²) < 4.78 is 7.60. The van der Waals surface area contributed by atoms with Gasteiger partial charge < -0.3 is 4.74 Å². The molecule has 3 heterocycles. The quantitative estimate of drug-likeness (QED) is 0.747. The number of hydrogen-bond acceptors (Lipinski definition) is 4. The van der Waals surface area contributed by atoms with Crippen LogP contribution in [0.3, 0.4) is 0 Å². The first-order valence-electron chi connectivity index (χ1n) is 5.75. The molecule has 1 unspecified atom stereocenters. The zero-order chi connectivity index (χ0) is 11.7. The van der Waals surface area contributed by atoms with Gasteiger partial charge >= 0.3 is 0 Å². The van der Waals surface area contributed by atoms with Crippen molar-refractivity contribution in [2.75, 3.05) is 6.61 Å². The molecule has 0 aromatic carbocycles. The Bertz CT molecular complexity index is 578. The van der Waals surface area contributed by atoms with Gasteiger partial charge in [-0.2, -0.15) is 5.26 Å². The molecule has 2 aromatic rings. The van der Waals surface area contributed by atoms with E-state index in [-0.39, 0.29) is 6.10 Å². The van der Waals surface area contributed by atoms with E-state index in [1.165, 1.54) is 0 Å². The molecule has 1 atom stereocenters. The molecular formula is C12H12N4O. The van der Waals surface area contributed by atoms with Crippen molar-refractivity contribution in [2.45, 2.75) is 25.4 Å². The van der Waals surface area contributed by atoms with Crippen LogP contribution in [-0.2, 0) is 4.74 Å². The lowest BCUT2D eigenvalue weighted by atomic mass is 10.1. The summed E-state index contributed by atoms with van der Waals surface area (Å²) in [6.07, 6.45) is 5.13. The highest BCUT2D eigenvalue weighted by molar-refractivity contribution is 5.45. The monoisotopic (exact) mass is 228 g/mol. The molecule has 3 rings (SSSR count). The Morgan fingerprint density at radius 2 is 2.35 bits per heavy atom. The minimum Gasteiger partial charge on any atom is -0.370 e. The normalized spacial score (nSPS) is 20.3. The second-order valence-electron chi connectivity index (χ2n) is 4.17. The van der Waals surface area contributed by atoms with Crippen molar-refractivity contribution in [3.63, 3.8) is 0 Å². The van der Waals surface area contributed by atoms with E-state index in [1.807, 2.05) is 10.6 Å². The number of nitrogens with zero attached hydrogens (tertiary/aromatic N) is 4. The van der Waals surface area contributed by atoms with Crippen molar-refractivity contribution in [3.05, 3.63) is 29.7 Å². The van der Waals surface area contributed by atoms with Crippen LogP contribution in [0.5, 0.6) is 0 Å². The molecule has 5 nitrogen and oxygen atoms in total. The van der Waals surface area contributed by atoms with E-state index in [1.54, 1.807) is 12.1 Å². The van der Waals surface area contributed by atoms with E-state index in [0.717, 1.165) is 31.7 Å². The summed E-state index contributed by atoms with van der Waals surface area (Å²) in [5.74, 6) is 0.837. The van der Waals surface area contributed by atoms with Gasteiger partial charge in [-0.3, -0.25) is 4.40 Å². The molecule has 1 aliphatic rings. The molecule has 0 radical (unpaired) electrons. The van der Waals surface area contributed by atoms with Crippen LogP contribution in [0.25, 0.3) is 5.65 Å². The molecule has 1 saturated heterocycles. The first-order chi connectivity index (χ1) is 8.38. The Labute approximate surface area is 98.6 Å². The lowest BCUT2D eigenvalue weighted by Gasteiger charge is -2.20. The molecule has 0 aliphatic carbocycles. The minimum absolute atomic E-state index is 0.0340. The topological polar surface area (TPSA) is 63.2 Å². The second kappa shape index (κ2) is 4.15. The Morgan fingerprint density at radius 1 is 1.41 bits per heavy atom. The standard InChI is InChI=1S/C12H12N4O/c13-8-9-4-5-16-11(7-9)14-15-12(16)10-3-1-2-6-17-10/h4-5,7,10H,1-3,6H2. The predicted molar refractivity (Wildman–Crippen MR) is 60.2 cm³/mol. The number of ether oxygens (including phenoxy) is 1. The zero-order valence-corrected chi connectivity index (χ0v) is 9.33. The Morgan fingerprint density at radius 3 is 3.12 bits per heavy atom. The van der Waals surface area contributed by atoms with E-state index >= 15 is 0 Å². The van der Waals surface area contributed by atoms with Crippen LogP contribution in [0.4, 0.5) is 0 Å². The highest BCUT2D eigenvalue weighted by atomic mass is 16.5. The van der Waals surface area contributed by atoms with E-state index in [4.69, 9.17) is 10.00 Å². The van der Waals surface area contributed by atoms with Gasteiger partial charge in [0, 0.05) is 18.9 Å². The van der Waals surface area contributed by atoms with E-state index < -0.39 is 0 Å². The first kappa shape index (κ1) is 10.2. The SMILES string of the molecule is N#Cc1ccn2c(C3CCCCO3)nnc2c1. The summed E-state index contributed by atoms with van der Waals surface area (Å²) in [6.45, 7) is 0.788. The average Bonchev–Trinajstić information content (AvgIpc) is 2.82. The van der Waals surface area contributed by atoms with Crippen LogP contribution >= 0.6 is 0 Å². The average molecular weight is 228 g/mol. The van der Waals surface area contributed by atoms with Crippen molar-refractivity contribution in [3.8, 4) is 6.07 Å². The maximum atomic E-state index is 8.82. The van der Waals surface area contributed by atoms with Gasteiger partial charge in [0.05, 0.1) is 11.6 Å².